The van der Waals surface area contributed by atoms with Crippen molar-refractivity contribution in [1.29, 1.82) is 0 Å². The Morgan fingerprint density at radius 3 is 2.35 bits per heavy atom. The summed E-state index contributed by atoms with van der Waals surface area (Å²) in [6.07, 6.45) is 0.537. The normalized spacial score (nSPS) is 14.8. The van der Waals surface area contributed by atoms with Crippen molar-refractivity contribution in [3.63, 3.8) is 0 Å². The van der Waals surface area contributed by atoms with E-state index in [1.54, 1.807) is 31.4 Å². The molecule has 0 atom stereocenters. The SMILES string of the molecule is CCc1ccc(C(=O)Nc2cc(OC)c(OC)cc2C)cc1S(=O)(=O)N1CCOCC1. The second-order valence-corrected chi connectivity index (χ2v) is 9.08. The highest BCUT2D eigenvalue weighted by Crippen LogP contribution is 2.33. The van der Waals surface area contributed by atoms with Crippen LogP contribution in [0, 0.1) is 6.92 Å². The van der Waals surface area contributed by atoms with Gasteiger partial charge in [0, 0.05) is 30.4 Å². The largest absolute Gasteiger partial charge is 0.493 e. The van der Waals surface area contributed by atoms with Crippen molar-refractivity contribution in [3.05, 3.63) is 47.0 Å². The zero-order valence-electron chi connectivity index (χ0n) is 18.2. The van der Waals surface area contributed by atoms with Gasteiger partial charge in [0.15, 0.2) is 11.5 Å². The summed E-state index contributed by atoms with van der Waals surface area (Å²) < 4.78 is 43.7. The highest BCUT2D eigenvalue weighted by atomic mass is 32.2. The molecular formula is C22H28N2O6S. The molecule has 1 saturated heterocycles. The number of methoxy groups -OCH3 is 2. The minimum absolute atomic E-state index is 0.161. The van der Waals surface area contributed by atoms with Crippen molar-refractivity contribution in [1.82, 2.24) is 4.31 Å². The molecule has 8 nitrogen and oxygen atoms in total. The summed E-state index contributed by atoms with van der Waals surface area (Å²) in [7, 11) is -0.663. The molecule has 0 saturated carbocycles. The molecule has 168 valence electrons. The first kappa shape index (κ1) is 23.1. The van der Waals surface area contributed by atoms with Crippen LogP contribution < -0.4 is 14.8 Å². The standard InChI is InChI=1S/C22H28N2O6S/c1-5-16-6-7-17(13-21(16)31(26,27)24-8-10-30-11-9-24)22(25)23-18-14-20(29-4)19(28-3)12-15(18)2/h6-7,12-14H,5,8-11H2,1-4H3,(H,23,25). The number of carbonyl (C=O) groups is 1. The van der Waals surface area contributed by atoms with Crippen LogP contribution in [0.2, 0.25) is 0 Å². The molecule has 0 bridgehead atoms. The number of ether oxygens (including phenoxy) is 3. The fourth-order valence-electron chi connectivity index (χ4n) is 3.46. The molecule has 1 N–H and O–H groups in total. The highest BCUT2D eigenvalue weighted by Gasteiger charge is 2.29. The van der Waals surface area contributed by atoms with E-state index in [0.717, 1.165) is 5.56 Å². The summed E-state index contributed by atoms with van der Waals surface area (Å²) in [5, 5.41) is 2.85. The molecule has 2 aromatic rings. The summed E-state index contributed by atoms with van der Waals surface area (Å²) in [5.74, 6) is 0.640. The molecule has 1 aliphatic rings. The van der Waals surface area contributed by atoms with Gasteiger partial charge in [-0.3, -0.25) is 4.79 Å². The fourth-order valence-corrected chi connectivity index (χ4v) is 5.19. The minimum atomic E-state index is -3.72. The van der Waals surface area contributed by atoms with Crippen LogP contribution in [0.3, 0.4) is 0 Å². The van der Waals surface area contributed by atoms with Gasteiger partial charge in [-0.1, -0.05) is 13.0 Å². The molecule has 0 aromatic heterocycles. The number of morpholine rings is 1. The van der Waals surface area contributed by atoms with Crippen LogP contribution in [0.5, 0.6) is 11.5 Å². The fraction of sp³-hybridized carbons (Fsp3) is 0.409. The Kier molecular flexibility index (Phi) is 7.19. The van der Waals surface area contributed by atoms with Gasteiger partial charge >= 0.3 is 0 Å². The Morgan fingerprint density at radius 1 is 1.10 bits per heavy atom. The van der Waals surface area contributed by atoms with Gasteiger partial charge in [0.1, 0.15) is 0 Å². The van der Waals surface area contributed by atoms with E-state index < -0.39 is 15.9 Å². The topological polar surface area (TPSA) is 94.2 Å². The molecule has 0 unspecified atom stereocenters. The quantitative estimate of drug-likeness (QED) is 0.700. The number of rotatable bonds is 7. The summed E-state index contributed by atoms with van der Waals surface area (Å²) in [4.78, 5) is 13.1. The zero-order chi connectivity index (χ0) is 22.6. The van der Waals surface area contributed by atoms with E-state index in [0.29, 0.717) is 55.5 Å². The first-order valence-corrected chi connectivity index (χ1v) is 11.5. The first-order chi connectivity index (χ1) is 14.8. The van der Waals surface area contributed by atoms with Crippen molar-refractivity contribution in [3.8, 4) is 11.5 Å². The summed E-state index contributed by atoms with van der Waals surface area (Å²) in [5.41, 5.74) is 2.28. The van der Waals surface area contributed by atoms with Crippen molar-refractivity contribution in [2.24, 2.45) is 0 Å². The molecule has 1 heterocycles. The molecule has 1 aliphatic heterocycles. The van der Waals surface area contributed by atoms with Gasteiger partial charge in [-0.05, 0) is 42.7 Å². The molecular weight excluding hydrogens is 420 g/mol. The summed E-state index contributed by atoms with van der Waals surface area (Å²) in [6.45, 7) is 5.05. The number of amides is 1. The third-order valence-corrected chi connectivity index (χ3v) is 7.26. The second kappa shape index (κ2) is 9.67. The number of hydrogen-bond acceptors (Lipinski definition) is 6. The van der Waals surface area contributed by atoms with Crippen LogP contribution in [-0.4, -0.2) is 59.2 Å². The van der Waals surface area contributed by atoms with E-state index in [-0.39, 0.29) is 10.5 Å². The Bertz CT molecular complexity index is 1060. The van der Waals surface area contributed by atoms with Gasteiger partial charge < -0.3 is 19.5 Å². The van der Waals surface area contributed by atoms with E-state index in [1.807, 2.05) is 13.8 Å². The maximum atomic E-state index is 13.2. The maximum Gasteiger partial charge on any atom is 0.255 e. The number of nitrogens with zero attached hydrogens (tertiary/aromatic N) is 1. The van der Waals surface area contributed by atoms with Gasteiger partial charge in [0.25, 0.3) is 5.91 Å². The molecule has 1 amide bonds. The molecule has 0 spiro atoms. The molecule has 1 fully saturated rings. The number of anilines is 1. The lowest BCUT2D eigenvalue weighted by Gasteiger charge is -2.27. The number of benzene rings is 2. The van der Waals surface area contributed by atoms with Crippen LogP contribution in [0.25, 0.3) is 0 Å². The van der Waals surface area contributed by atoms with Gasteiger partial charge in [0.05, 0.1) is 32.3 Å². The molecule has 0 aliphatic carbocycles. The van der Waals surface area contributed by atoms with Gasteiger partial charge in [-0.15, -0.1) is 0 Å². The average molecular weight is 449 g/mol. The number of carbonyl (C=O) groups excluding carboxylic acids is 1. The monoisotopic (exact) mass is 448 g/mol. The second-order valence-electron chi connectivity index (χ2n) is 7.17. The predicted molar refractivity (Wildman–Crippen MR) is 118 cm³/mol. The number of sulfonamides is 1. The van der Waals surface area contributed by atoms with Crippen LogP contribution >= 0.6 is 0 Å². The molecule has 9 heteroatoms. The predicted octanol–water partition coefficient (Wildman–Crippen LogP) is 2.85. The number of nitrogens with one attached hydrogen (secondary N) is 1. The van der Waals surface area contributed by atoms with E-state index in [2.05, 4.69) is 5.32 Å². The van der Waals surface area contributed by atoms with E-state index >= 15 is 0 Å². The Balaban J connectivity index is 1.93. The lowest BCUT2D eigenvalue weighted by atomic mass is 10.1. The van der Waals surface area contributed by atoms with Gasteiger partial charge in [-0.2, -0.15) is 4.31 Å². The number of hydrogen-bond donors (Lipinski definition) is 1. The van der Waals surface area contributed by atoms with Crippen LogP contribution in [0.4, 0.5) is 5.69 Å². The third-order valence-electron chi connectivity index (χ3n) is 5.28. The zero-order valence-corrected chi connectivity index (χ0v) is 19.0. The summed E-state index contributed by atoms with van der Waals surface area (Å²) in [6, 6.07) is 8.24. The van der Waals surface area contributed by atoms with Crippen molar-refractivity contribution >= 4 is 21.6 Å². The Labute approximate surface area is 183 Å². The van der Waals surface area contributed by atoms with Gasteiger partial charge in [-0.25, -0.2) is 8.42 Å². The lowest BCUT2D eigenvalue weighted by Crippen LogP contribution is -2.41. The van der Waals surface area contributed by atoms with Crippen LogP contribution in [0.15, 0.2) is 35.2 Å². The van der Waals surface area contributed by atoms with Crippen molar-refractivity contribution in [2.75, 3.05) is 45.8 Å². The Hall–Kier alpha value is -2.62. The van der Waals surface area contributed by atoms with Crippen molar-refractivity contribution in [2.45, 2.75) is 25.2 Å². The molecule has 31 heavy (non-hydrogen) atoms. The van der Waals surface area contributed by atoms with Crippen LogP contribution in [0.1, 0.15) is 28.4 Å². The number of aryl methyl sites for hydroxylation is 2. The molecule has 0 radical (unpaired) electrons. The first-order valence-electron chi connectivity index (χ1n) is 10.1. The third kappa shape index (κ3) is 4.84. The molecule has 3 rings (SSSR count). The van der Waals surface area contributed by atoms with Crippen molar-refractivity contribution < 1.29 is 27.4 Å². The van der Waals surface area contributed by atoms with Crippen LogP contribution in [-0.2, 0) is 21.2 Å². The minimum Gasteiger partial charge on any atom is -0.493 e. The summed E-state index contributed by atoms with van der Waals surface area (Å²) >= 11 is 0. The maximum absolute atomic E-state index is 13.2. The van der Waals surface area contributed by atoms with Gasteiger partial charge in [0.2, 0.25) is 10.0 Å². The van der Waals surface area contributed by atoms with E-state index in [4.69, 9.17) is 14.2 Å². The van der Waals surface area contributed by atoms with E-state index in [1.165, 1.54) is 17.5 Å². The molecule has 2 aromatic carbocycles. The average Bonchev–Trinajstić information content (AvgIpc) is 2.80. The smallest absolute Gasteiger partial charge is 0.255 e. The lowest BCUT2D eigenvalue weighted by molar-refractivity contribution is 0.0730. The highest BCUT2D eigenvalue weighted by molar-refractivity contribution is 7.89. The van der Waals surface area contributed by atoms with E-state index in [9.17, 15) is 13.2 Å². The Morgan fingerprint density at radius 2 is 1.74 bits per heavy atom.